The standard InChI is InChI=1S/C10H10BrNO4/c1-5(13)12-6-3-4-7(16-2)9(11)8(6)10(14)15/h3-4H,1-2H3,(H,12,13)(H,14,15). The number of methoxy groups -OCH3 is 1. The van der Waals surface area contributed by atoms with Crippen LogP contribution in [-0.2, 0) is 4.79 Å². The van der Waals surface area contributed by atoms with Crippen molar-refractivity contribution in [2.24, 2.45) is 0 Å². The van der Waals surface area contributed by atoms with Gasteiger partial charge in [0.2, 0.25) is 5.91 Å². The maximum Gasteiger partial charge on any atom is 0.339 e. The van der Waals surface area contributed by atoms with E-state index in [9.17, 15) is 9.59 Å². The second kappa shape index (κ2) is 4.98. The highest BCUT2D eigenvalue weighted by molar-refractivity contribution is 9.10. The Bertz CT molecular complexity index is 445. The van der Waals surface area contributed by atoms with Gasteiger partial charge in [0, 0.05) is 6.92 Å². The van der Waals surface area contributed by atoms with Gasteiger partial charge in [0.05, 0.1) is 17.3 Å². The molecule has 5 nitrogen and oxygen atoms in total. The van der Waals surface area contributed by atoms with Crippen LogP contribution in [0.4, 0.5) is 5.69 Å². The van der Waals surface area contributed by atoms with Crippen LogP contribution < -0.4 is 10.1 Å². The molecular weight excluding hydrogens is 278 g/mol. The minimum Gasteiger partial charge on any atom is -0.496 e. The largest absolute Gasteiger partial charge is 0.496 e. The van der Waals surface area contributed by atoms with E-state index in [1.807, 2.05) is 0 Å². The molecular formula is C10H10BrNO4. The van der Waals surface area contributed by atoms with Crippen LogP contribution in [0.2, 0.25) is 0 Å². The molecule has 0 aliphatic carbocycles. The van der Waals surface area contributed by atoms with Gasteiger partial charge in [0.15, 0.2) is 0 Å². The fourth-order valence-electron chi connectivity index (χ4n) is 1.22. The number of benzene rings is 1. The van der Waals surface area contributed by atoms with Crippen LogP contribution in [0.15, 0.2) is 16.6 Å². The monoisotopic (exact) mass is 287 g/mol. The molecule has 16 heavy (non-hydrogen) atoms. The summed E-state index contributed by atoms with van der Waals surface area (Å²) in [5, 5.41) is 11.5. The molecule has 1 aromatic carbocycles. The van der Waals surface area contributed by atoms with E-state index in [2.05, 4.69) is 21.2 Å². The predicted molar refractivity (Wildman–Crippen MR) is 62.0 cm³/mol. The Kier molecular flexibility index (Phi) is 3.89. The zero-order chi connectivity index (χ0) is 12.3. The van der Waals surface area contributed by atoms with Gasteiger partial charge in [0.25, 0.3) is 0 Å². The van der Waals surface area contributed by atoms with Crippen LogP contribution in [0.25, 0.3) is 0 Å². The van der Waals surface area contributed by atoms with Gasteiger partial charge in [-0.3, -0.25) is 4.79 Å². The van der Waals surface area contributed by atoms with Gasteiger partial charge in [-0.2, -0.15) is 0 Å². The molecule has 1 aromatic rings. The molecule has 0 unspecified atom stereocenters. The summed E-state index contributed by atoms with van der Waals surface area (Å²) in [4.78, 5) is 22.0. The van der Waals surface area contributed by atoms with Gasteiger partial charge in [-0.05, 0) is 28.1 Å². The third kappa shape index (κ3) is 2.52. The number of hydrogen-bond acceptors (Lipinski definition) is 3. The van der Waals surface area contributed by atoms with E-state index in [0.717, 1.165) is 0 Å². The topological polar surface area (TPSA) is 75.6 Å². The number of nitrogens with one attached hydrogen (secondary N) is 1. The first-order valence-corrected chi connectivity index (χ1v) is 5.14. The van der Waals surface area contributed by atoms with Gasteiger partial charge in [-0.1, -0.05) is 0 Å². The first kappa shape index (κ1) is 12.5. The van der Waals surface area contributed by atoms with Crippen molar-refractivity contribution in [3.8, 4) is 5.75 Å². The molecule has 0 aliphatic heterocycles. The van der Waals surface area contributed by atoms with Crippen LogP contribution in [0.3, 0.4) is 0 Å². The average Bonchev–Trinajstić information content (AvgIpc) is 2.16. The summed E-state index contributed by atoms with van der Waals surface area (Å²) in [6, 6.07) is 3.05. The lowest BCUT2D eigenvalue weighted by molar-refractivity contribution is -0.114. The van der Waals surface area contributed by atoms with Crippen molar-refractivity contribution < 1.29 is 19.4 Å². The number of ether oxygens (including phenoxy) is 1. The van der Waals surface area contributed by atoms with Gasteiger partial charge >= 0.3 is 5.97 Å². The summed E-state index contributed by atoms with van der Waals surface area (Å²) in [5.74, 6) is -1.08. The molecule has 0 heterocycles. The molecule has 0 fully saturated rings. The number of anilines is 1. The van der Waals surface area contributed by atoms with Gasteiger partial charge in [0.1, 0.15) is 11.3 Å². The van der Waals surface area contributed by atoms with Crippen LogP contribution in [0.5, 0.6) is 5.75 Å². The third-order valence-corrected chi connectivity index (χ3v) is 2.64. The van der Waals surface area contributed by atoms with Crippen molar-refractivity contribution in [1.82, 2.24) is 0 Å². The first-order valence-electron chi connectivity index (χ1n) is 4.34. The summed E-state index contributed by atoms with van der Waals surface area (Å²) in [6.07, 6.45) is 0. The normalized spacial score (nSPS) is 9.69. The second-order valence-electron chi connectivity index (χ2n) is 2.99. The van der Waals surface area contributed by atoms with Crippen LogP contribution in [-0.4, -0.2) is 24.1 Å². The number of aromatic carboxylic acids is 1. The van der Waals surface area contributed by atoms with E-state index < -0.39 is 5.97 Å². The molecule has 0 aliphatic rings. The Morgan fingerprint density at radius 1 is 1.44 bits per heavy atom. The smallest absolute Gasteiger partial charge is 0.339 e. The summed E-state index contributed by atoms with van der Waals surface area (Å²) >= 11 is 3.13. The molecule has 0 saturated heterocycles. The number of hydrogen-bond donors (Lipinski definition) is 2. The maximum absolute atomic E-state index is 11.1. The number of halogens is 1. The Labute approximate surface area is 101 Å². The molecule has 0 bridgehead atoms. The molecule has 0 atom stereocenters. The Morgan fingerprint density at radius 3 is 2.50 bits per heavy atom. The van der Waals surface area contributed by atoms with Crippen molar-refractivity contribution in [2.75, 3.05) is 12.4 Å². The first-order chi connectivity index (χ1) is 7.47. The van der Waals surface area contributed by atoms with Crippen LogP contribution in [0.1, 0.15) is 17.3 Å². The molecule has 0 radical (unpaired) electrons. The van der Waals surface area contributed by atoms with E-state index in [-0.39, 0.29) is 17.2 Å². The van der Waals surface area contributed by atoms with Crippen molar-refractivity contribution in [3.63, 3.8) is 0 Å². The number of carboxylic acid groups (broad SMARTS) is 1. The minimum absolute atomic E-state index is 0.0328. The Hall–Kier alpha value is -1.56. The van der Waals surface area contributed by atoms with Gasteiger partial charge in [-0.25, -0.2) is 4.79 Å². The molecule has 6 heteroatoms. The molecule has 1 rings (SSSR count). The van der Waals surface area contributed by atoms with E-state index in [1.165, 1.54) is 20.1 Å². The summed E-state index contributed by atoms with van der Waals surface area (Å²) in [7, 11) is 1.43. The molecule has 86 valence electrons. The van der Waals surface area contributed by atoms with E-state index in [1.54, 1.807) is 6.07 Å². The highest BCUT2D eigenvalue weighted by Gasteiger charge is 2.18. The van der Waals surface area contributed by atoms with E-state index in [4.69, 9.17) is 9.84 Å². The number of carbonyl (C=O) groups is 2. The Morgan fingerprint density at radius 2 is 2.06 bits per heavy atom. The van der Waals surface area contributed by atoms with E-state index in [0.29, 0.717) is 10.2 Å². The fraction of sp³-hybridized carbons (Fsp3) is 0.200. The molecule has 0 aromatic heterocycles. The van der Waals surface area contributed by atoms with Crippen LogP contribution in [0, 0.1) is 0 Å². The lowest BCUT2D eigenvalue weighted by Crippen LogP contribution is -2.11. The lowest BCUT2D eigenvalue weighted by atomic mass is 10.1. The van der Waals surface area contributed by atoms with Gasteiger partial charge < -0.3 is 15.2 Å². The minimum atomic E-state index is -1.14. The average molecular weight is 288 g/mol. The quantitative estimate of drug-likeness (QED) is 0.893. The molecule has 0 saturated carbocycles. The fourth-order valence-corrected chi connectivity index (χ4v) is 1.89. The molecule has 1 amide bonds. The number of rotatable bonds is 3. The summed E-state index contributed by atoms with van der Waals surface area (Å²) in [5.41, 5.74) is 0.197. The van der Waals surface area contributed by atoms with Crippen molar-refractivity contribution in [3.05, 3.63) is 22.2 Å². The number of carbonyl (C=O) groups excluding carboxylic acids is 1. The maximum atomic E-state index is 11.1. The van der Waals surface area contributed by atoms with Gasteiger partial charge in [-0.15, -0.1) is 0 Å². The van der Waals surface area contributed by atoms with Crippen molar-refractivity contribution >= 4 is 33.5 Å². The van der Waals surface area contributed by atoms with Crippen molar-refractivity contribution in [1.29, 1.82) is 0 Å². The van der Waals surface area contributed by atoms with E-state index >= 15 is 0 Å². The molecule has 2 N–H and O–H groups in total. The second-order valence-corrected chi connectivity index (χ2v) is 3.78. The zero-order valence-corrected chi connectivity index (χ0v) is 10.3. The zero-order valence-electron chi connectivity index (χ0n) is 8.70. The third-order valence-electron chi connectivity index (χ3n) is 1.85. The lowest BCUT2D eigenvalue weighted by Gasteiger charge is -2.11. The highest BCUT2D eigenvalue weighted by Crippen LogP contribution is 2.33. The predicted octanol–water partition coefficient (Wildman–Crippen LogP) is 2.11. The highest BCUT2D eigenvalue weighted by atomic mass is 79.9. The summed E-state index contributed by atoms with van der Waals surface area (Å²) < 4.78 is 5.27. The SMILES string of the molecule is COc1ccc(NC(C)=O)c(C(=O)O)c1Br. The number of amides is 1. The summed E-state index contributed by atoms with van der Waals surface area (Å²) in [6.45, 7) is 1.31. The Balaban J connectivity index is 3.34. The number of carboxylic acids is 1. The molecule has 0 spiro atoms. The van der Waals surface area contributed by atoms with Crippen molar-refractivity contribution in [2.45, 2.75) is 6.92 Å². The van der Waals surface area contributed by atoms with Crippen LogP contribution >= 0.6 is 15.9 Å².